The van der Waals surface area contributed by atoms with E-state index in [2.05, 4.69) is 5.32 Å². The molecule has 0 aromatic heterocycles. The highest BCUT2D eigenvalue weighted by molar-refractivity contribution is 5.89. The molecule has 0 heterocycles. The van der Waals surface area contributed by atoms with Gasteiger partial charge in [-0.25, -0.2) is 8.78 Å². The largest absolute Gasteiger partial charge is 0.481 e. The van der Waals surface area contributed by atoms with Gasteiger partial charge >= 0.3 is 5.97 Å². The van der Waals surface area contributed by atoms with E-state index in [0.29, 0.717) is 12.8 Å². The molecule has 22 heavy (non-hydrogen) atoms. The van der Waals surface area contributed by atoms with Crippen molar-refractivity contribution in [2.45, 2.75) is 38.0 Å². The number of hydrogen-bond acceptors (Lipinski definition) is 2. The number of carboxylic acid groups (broad SMARTS) is 1. The molecule has 1 atom stereocenters. The van der Waals surface area contributed by atoms with Crippen molar-refractivity contribution in [3.8, 4) is 0 Å². The van der Waals surface area contributed by atoms with Gasteiger partial charge < -0.3 is 10.4 Å². The average molecular weight is 311 g/mol. The zero-order valence-corrected chi connectivity index (χ0v) is 12.4. The number of carboxylic acids is 1. The second-order valence-corrected chi connectivity index (χ2v) is 5.97. The minimum atomic E-state index is -0.958. The summed E-state index contributed by atoms with van der Waals surface area (Å²) in [7, 11) is 0. The number of amides is 1. The number of nitrogens with one attached hydrogen (secondary N) is 1. The van der Waals surface area contributed by atoms with Crippen molar-refractivity contribution in [2.24, 2.45) is 5.92 Å². The zero-order chi connectivity index (χ0) is 16.3. The molecule has 0 saturated heterocycles. The molecule has 0 radical (unpaired) electrons. The summed E-state index contributed by atoms with van der Waals surface area (Å²) in [4.78, 5) is 23.1. The Morgan fingerprint density at radius 1 is 1.36 bits per heavy atom. The first-order chi connectivity index (χ1) is 10.3. The van der Waals surface area contributed by atoms with Crippen LogP contribution in [0.1, 0.15) is 38.2 Å². The van der Waals surface area contributed by atoms with Crippen LogP contribution in [-0.4, -0.2) is 23.5 Å². The summed E-state index contributed by atoms with van der Waals surface area (Å²) in [6.45, 7) is 1.94. The van der Waals surface area contributed by atoms with Gasteiger partial charge in [0.05, 0.1) is 5.41 Å². The third-order valence-corrected chi connectivity index (χ3v) is 4.22. The van der Waals surface area contributed by atoms with Crippen molar-refractivity contribution >= 4 is 11.9 Å². The minimum absolute atomic E-state index is 0.0435. The summed E-state index contributed by atoms with van der Waals surface area (Å²) in [6.07, 6.45) is 1.77. The van der Waals surface area contributed by atoms with Crippen LogP contribution in [0.25, 0.3) is 0 Å². The maximum absolute atomic E-state index is 14.0. The van der Waals surface area contributed by atoms with E-state index < -0.39 is 23.0 Å². The maximum atomic E-state index is 14.0. The van der Waals surface area contributed by atoms with Crippen molar-refractivity contribution in [1.82, 2.24) is 5.32 Å². The fourth-order valence-electron chi connectivity index (χ4n) is 2.83. The van der Waals surface area contributed by atoms with Gasteiger partial charge in [-0.2, -0.15) is 0 Å². The summed E-state index contributed by atoms with van der Waals surface area (Å²) in [5.74, 6) is -2.84. The maximum Gasteiger partial charge on any atom is 0.303 e. The van der Waals surface area contributed by atoms with Crippen LogP contribution >= 0.6 is 0 Å². The monoisotopic (exact) mass is 311 g/mol. The molecule has 1 fully saturated rings. The number of benzene rings is 1. The molecular formula is C16H19F2NO3. The van der Waals surface area contributed by atoms with E-state index in [0.717, 1.165) is 18.6 Å². The Balaban J connectivity index is 2.10. The molecule has 6 heteroatoms. The highest BCUT2D eigenvalue weighted by Gasteiger charge is 2.47. The molecule has 0 aliphatic heterocycles. The Morgan fingerprint density at radius 2 is 2.05 bits per heavy atom. The topological polar surface area (TPSA) is 66.4 Å². The summed E-state index contributed by atoms with van der Waals surface area (Å²) < 4.78 is 27.0. The Morgan fingerprint density at radius 3 is 2.55 bits per heavy atom. The highest BCUT2D eigenvalue weighted by Crippen LogP contribution is 2.45. The van der Waals surface area contributed by atoms with E-state index >= 15 is 0 Å². The Kier molecular flexibility index (Phi) is 4.78. The molecule has 1 aliphatic rings. The second-order valence-electron chi connectivity index (χ2n) is 5.97. The van der Waals surface area contributed by atoms with Crippen LogP contribution in [0, 0.1) is 17.6 Å². The molecule has 1 amide bonds. The predicted octanol–water partition coefficient (Wildman–Crippen LogP) is 2.61. The van der Waals surface area contributed by atoms with Gasteiger partial charge in [0.25, 0.3) is 0 Å². The molecule has 1 saturated carbocycles. The Labute approximate surface area is 127 Å². The van der Waals surface area contributed by atoms with Gasteiger partial charge in [-0.1, -0.05) is 19.4 Å². The number of carbonyl (C=O) groups is 2. The standard InChI is InChI=1S/C16H19F2NO3/c1-10(7-14(20)21)9-19-15(22)16(5-2-6-16)12-4-3-11(17)8-13(12)18/h3-4,8,10H,2,5-7,9H2,1H3,(H,19,22)(H,20,21). The van der Waals surface area contributed by atoms with Crippen molar-refractivity contribution in [2.75, 3.05) is 6.54 Å². The molecule has 1 aliphatic carbocycles. The number of carbonyl (C=O) groups excluding carboxylic acids is 1. The first-order valence-corrected chi connectivity index (χ1v) is 7.31. The van der Waals surface area contributed by atoms with Gasteiger partial charge in [0.1, 0.15) is 11.6 Å². The van der Waals surface area contributed by atoms with E-state index in [9.17, 15) is 18.4 Å². The fraction of sp³-hybridized carbons (Fsp3) is 0.500. The van der Waals surface area contributed by atoms with Gasteiger partial charge in [0.15, 0.2) is 0 Å². The molecule has 2 N–H and O–H groups in total. The average Bonchev–Trinajstić information content (AvgIpc) is 2.36. The van der Waals surface area contributed by atoms with Crippen molar-refractivity contribution in [3.63, 3.8) is 0 Å². The van der Waals surface area contributed by atoms with Crippen molar-refractivity contribution in [3.05, 3.63) is 35.4 Å². The normalized spacial score (nSPS) is 17.4. The fourth-order valence-corrected chi connectivity index (χ4v) is 2.83. The second kappa shape index (κ2) is 6.42. The molecule has 1 unspecified atom stereocenters. The van der Waals surface area contributed by atoms with E-state index in [1.165, 1.54) is 6.07 Å². The lowest BCUT2D eigenvalue weighted by Crippen LogP contribution is -2.50. The summed E-state index contributed by atoms with van der Waals surface area (Å²) in [5, 5.41) is 11.4. The highest BCUT2D eigenvalue weighted by atomic mass is 19.1. The predicted molar refractivity (Wildman–Crippen MR) is 76.3 cm³/mol. The van der Waals surface area contributed by atoms with Crippen LogP contribution in [0.3, 0.4) is 0 Å². The number of aliphatic carboxylic acids is 1. The number of rotatable bonds is 6. The molecule has 1 aromatic rings. The summed E-state index contributed by atoms with van der Waals surface area (Å²) >= 11 is 0. The van der Waals surface area contributed by atoms with Gasteiger partial charge in [-0.3, -0.25) is 9.59 Å². The van der Waals surface area contributed by atoms with E-state index in [4.69, 9.17) is 5.11 Å². The minimum Gasteiger partial charge on any atom is -0.481 e. The van der Waals surface area contributed by atoms with Crippen LogP contribution in [0.15, 0.2) is 18.2 Å². The van der Waals surface area contributed by atoms with Crippen LogP contribution in [-0.2, 0) is 15.0 Å². The lowest BCUT2D eigenvalue weighted by atomic mass is 9.63. The number of halogens is 2. The lowest BCUT2D eigenvalue weighted by molar-refractivity contribution is -0.138. The Hall–Kier alpha value is -1.98. The third kappa shape index (κ3) is 3.26. The quantitative estimate of drug-likeness (QED) is 0.848. The zero-order valence-electron chi connectivity index (χ0n) is 12.4. The molecular weight excluding hydrogens is 292 g/mol. The van der Waals surface area contributed by atoms with Crippen LogP contribution in [0.5, 0.6) is 0 Å². The van der Waals surface area contributed by atoms with Gasteiger partial charge in [0.2, 0.25) is 5.91 Å². The van der Waals surface area contributed by atoms with Crippen molar-refractivity contribution in [1.29, 1.82) is 0 Å². The van der Waals surface area contributed by atoms with Gasteiger partial charge in [-0.05, 0) is 24.8 Å². The smallest absolute Gasteiger partial charge is 0.303 e. The van der Waals surface area contributed by atoms with E-state index in [-0.39, 0.29) is 30.4 Å². The first-order valence-electron chi connectivity index (χ1n) is 7.31. The molecule has 4 nitrogen and oxygen atoms in total. The van der Waals surface area contributed by atoms with Gasteiger partial charge in [-0.15, -0.1) is 0 Å². The van der Waals surface area contributed by atoms with E-state index in [1.54, 1.807) is 6.92 Å². The van der Waals surface area contributed by atoms with Crippen LogP contribution < -0.4 is 5.32 Å². The molecule has 1 aromatic carbocycles. The van der Waals surface area contributed by atoms with Crippen LogP contribution in [0.2, 0.25) is 0 Å². The Bertz CT molecular complexity index is 585. The summed E-state index contributed by atoms with van der Waals surface area (Å²) in [5.41, 5.74) is -0.746. The molecule has 2 rings (SSSR count). The number of hydrogen-bond donors (Lipinski definition) is 2. The van der Waals surface area contributed by atoms with E-state index in [1.807, 2.05) is 0 Å². The third-order valence-electron chi connectivity index (χ3n) is 4.22. The van der Waals surface area contributed by atoms with Crippen LogP contribution in [0.4, 0.5) is 8.78 Å². The molecule has 0 spiro atoms. The SMILES string of the molecule is CC(CNC(=O)C1(c2ccc(F)cc2F)CCC1)CC(=O)O. The van der Waals surface area contributed by atoms with Gasteiger partial charge in [0, 0.05) is 24.6 Å². The first kappa shape index (κ1) is 16.4. The van der Waals surface area contributed by atoms with Crippen molar-refractivity contribution < 1.29 is 23.5 Å². The summed E-state index contributed by atoms with van der Waals surface area (Å²) in [6, 6.07) is 3.26. The lowest BCUT2D eigenvalue weighted by Gasteiger charge is -2.41. The molecule has 120 valence electrons. The molecule has 0 bridgehead atoms.